The van der Waals surface area contributed by atoms with E-state index in [2.05, 4.69) is 10.1 Å². The number of esters is 1. The number of benzene rings is 1. The lowest BCUT2D eigenvalue weighted by Crippen LogP contribution is -2.35. The highest BCUT2D eigenvalue weighted by atomic mass is 32.2. The quantitative estimate of drug-likeness (QED) is 0.493. The van der Waals surface area contributed by atoms with E-state index in [0.717, 1.165) is 7.11 Å². The molecule has 18 heavy (non-hydrogen) atoms. The number of ether oxygens (including phenoxy) is 1. The molecule has 0 heterocycles. The van der Waals surface area contributed by atoms with E-state index in [1.165, 1.54) is 12.5 Å². The Morgan fingerprint density at radius 1 is 1.17 bits per heavy atom. The van der Waals surface area contributed by atoms with Gasteiger partial charge in [0, 0.05) is 18.2 Å². The number of rotatable bonds is 3. The molecule has 0 unspecified atom stereocenters. The summed E-state index contributed by atoms with van der Waals surface area (Å²) in [5.74, 6) is -1.58. The van der Waals surface area contributed by atoms with Crippen molar-refractivity contribution in [1.82, 2.24) is 0 Å². The second-order valence-electron chi connectivity index (χ2n) is 3.87. The third kappa shape index (κ3) is 3.59. The predicted molar refractivity (Wildman–Crippen MR) is 72.1 cm³/mol. The Kier molecular flexibility index (Phi) is 4.49. The first-order valence-corrected chi connectivity index (χ1v) is 7.49. The van der Waals surface area contributed by atoms with Crippen molar-refractivity contribution in [3.8, 4) is 0 Å². The van der Waals surface area contributed by atoms with Gasteiger partial charge in [0.15, 0.2) is 4.86 Å². The van der Waals surface area contributed by atoms with Gasteiger partial charge in [0.25, 0.3) is 5.91 Å². The zero-order valence-corrected chi connectivity index (χ0v) is 11.2. The van der Waals surface area contributed by atoms with Gasteiger partial charge < -0.3 is 10.1 Å². The first-order valence-electron chi connectivity index (χ1n) is 5.12. The Hall–Kier alpha value is -1.82. The molecule has 1 rings (SSSR count). The summed E-state index contributed by atoms with van der Waals surface area (Å²) in [6.07, 6.45) is 2.65. The minimum Gasteiger partial charge on any atom is -0.465 e. The summed E-state index contributed by atoms with van der Waals surface area (Å²) in [6, 6.07) is 8.61. The maximum absolute atomic E-state index is 11.9. The largest absolute Gasteiger partial charge is 0.465 e. The van der Waals surface area contributed by atoms with Gasteiger partial charge in [-0.1, -0.05) is 18.2 Å². The van der Waals surface area contributed by atoms with E-state index < -0.39 is 21.4 Å². The minimum atomic E-state index is -2.72. The fraction of sp³-hybridized carbons (Fsp3) is 0.250. The standard InChI is InChI=1S/C12H15NO4S/c1-17-12(15)10(18(2,3)16)11(14)13-9-7-5-4-6-8-9/h4-8H,1-3H3,(H,13,14). The number of methoxy groups -OCH3 is 1. The molecular formula is C12H15NO4S. The zero-order valence-electron chi connectivity index (χ0n) is 10.4. The van der Waals surface area contributed by atoms with E-state index in [1.54, 1.807) is 30.3 Å². The molecule has 0 atom stereocenters. The Bertz CT molecular complexity index is 563. The van der Waals surface area contributed by atoms with Crippen LogP contribution in [0.15, 0.2) is 30.3 Å². The minimum absolute atomic E-state index is 0.367. The van der Waals surface area contributed by atoms with E-state index in [4.69, 9.17) is 0 Å². The molecular weight excluding hydrogens is 254 g/mol. The molecule has 0 fully saturated rings. The van der Waals surface area contributed by atoms with Crippen molar-refractivity contribution in [3.63, 3.8) is 0 Å². The zero-order chi connectivity index (χ0) is 13.8. The summed E-state index contributed by atoms with van der Waals surface area (Å²) in [5, 5.41) is 2.51. The van der Waals surface area contributed by atoms with Gasteiger partial charge in [0.2, 0.25) is 0 Å². The lowest BCUT2D eigenvalue weighted by atomic mass is 10.3. The molecule has 5 nitrogen and oxygen atoms in total. The number of carbonyl (C=O) groups is 2. The van der Waals surface area contributed by atoms with E-state index in [-0.39, 0.29) is 4.86 Å². The molecule has 0 radical (unpaired) electrons. The topological polar surface area (TPSA) is 72.5 Å². The highest BCUT2D eigenvalue weighted by Gasteiger charge is 2.24. The predicted octanol–water partition coefficient (Wildman–Crippen LogP) is 0.514. The summed E-state index contributed by atoms with van der Waals surface area (Å²) in [6.45, 7) is 0. The first-order chi connectivity index (χ1) is 8.36. The molecule has 98 valence electrons. The van der Waals surface area contributed by atoms with Crippen LogP contribution in [0.3, 0.4) is 0 Å². The summed E-state index contributed by atoms with van der Waals surface area (Å²) >= 11 is 0. The second kappa shape index (κ2) is 5.68. The number of anilines is 1. The smallest absolute Gasteiger partial charge is 0.351 e. The average Bonchev–Trinajstić information content (AvgIpc) is 2.28. The molecule has 1 aromatic carbocycles. The maximum atomic E-state index is 11.9. The number of para-hydroxylation sites is 1. The van der Waals surface area contributed by atoms with Crippen LogP contribution in [0.1, 0.15) is 0 Å². The molecule has 0 aliphatic heterocycles. The normalized spacial score (nSPS) is 10.6. The molecule has 0 aliphatic carbocycles. The van der Waals surface area contributed by atoms with Gasteiger partial charge in [0.1, 0.15) is 0 Å². The molecule has 0 bridgehead atoms. The van der Waals surface area contributed by atoms with Crippen LogP contribution in [0.5, 0.6) is 0 Å². The van der Waals surface area contributed by atoms with E-state index >= 15 is 0 Å². The van der Waals surface area contributed by atoms with Gasteiger partial charge in [-0.05, 0) is 21.7 Å². The molecule has 1 amide bonds. The van der Waals surface area contributed by atoms with Crippen LogP contribution < -0.4 is 5.32 Å². The highest BCUT2D eigenvalue weighted by molar-refractivity contribution is 8.03. The number of hydrogen-bond acceptors (Lipinski definition) is 4. The van der Waals surface area contributed by atoms with Crippen LogP contribution in [0.4, 0.5) is 5.69 Å². The highest BCUT2D eigenvalue weighted by Crippen LogP contribution is 2.05. The summed E-state index contributed by atoms with van der Waals surface area (Å²) < 4.78 is 16.4. The second-order valence-corrected chi connectivity index (χ2v) is 6.75. The van der Waals surface area contributed by atoms with Crippen LogP contribution in [0.2, 0.25) is 0 Å². The van der Waals surface area contributed by atoms with Gasteiger partial charge >= 0.3 is 5.97 Å². The molecule has 0 aliphatic rings. The summed E-state index contributed by atoms with van der Waals surface area (Å²) in [4.78, 5) is 23.1. The van der Waals surface area contributed by atoms with Crippen molar-refractivity contribution in [1.29, 1.82) is 0 Å². The van der Waals surface area contributed by atoms with Gasteiger partial charge in [-0.2, -0.15) is 0 Å². The van der Waals surface area contributed by atoms with Crippen molar-refractivity contribution in [2.45, 2.75) is 0 Å². The molecule has 1 aromatic rings. The number of hydrogen-bond donors (Lipinski definition) is 1. The lowest BCUT2D eigenvalue weighted by molar-refractivity contribution is -0.133. The first kappa shape index (κ1) is 14.2. The van der Waals surface area contributed by atoms with Crippen molar-refractivity contribution in [3.05, 3.63) is 30.3 Å². The number of carbonyl (C=O) groups excluding carboxylic acids is 2. The Balaban J connectivity index is 3.08. The van der Waals surface area contributed by atoms with Crippen LogP contribution >= 0.6 is 0 Å². The van der Waals surface area contributed by atoms with Crippen molar-refractivity contribution < 1.29 is 18.5 Å². The van der Waals surface area contributed by atoms with Gasteiger partial charge in [-0.15, -0.1) is 0 Å². The van der Waals surface area contributed by atoms with Crippen molar-refractivity contribution in [2.75, 3.05) is 24.9 Å². The summed E-state index contributed by atoms with van der Waals surface area (Å²) in [7, 11) is -1.57. The van der Waals surface area contributed by atoms with Gasteiger partial charge in [0.05, 0.1) is 7.11 Å². The van der Waals surface area contributed by atoms with E-state index in [9.17, 15) is 13.8 Å². The molecule has 0 saturated carbocycles. The van der Waals surface area contributed by atoms with Crippen molar-refractivity contribution in [2.24, 2.45) is 0 Å². The Morgan fingerprint density at radius 2 is 1.72 bits per heavy atom. The fourth-order valence-electron chi connectivity index (χ4n) is 1.32. The molecule has 0 aromatic heterocycles. The molecule has 0 saturated heterocycles. The third-order valence-electron chi connectivity index (χ3n) is 2.10. The summed E-state index contributed by atoms with van der Waals surface area (Å²) in [5.41, 5.74) is 0.521. The van der Waals surface area contributed by atoms with Crippen LogP contribution in [0, 0.1) is 0 Å². The molecule has 1 N–H and O–H groups in total. The third-order valence-corrected chi connectivity index (χ3v) is 3.44. The average molecular weight is 269 g/mol. The van der Waals surface area contributed by atoms with Gasteiger partial charge in [-0.3, -0.25) is 9.00 Å². The van der Waals surface area contributed by atoms with Gasteiger partial charge in [-0.25, -0.2) is 4.79 Å². The van der Waals surface area contributed by atoms with Crippen LogP contribution in [0.25, 0.3) is 0 Å². The Morgan fingerprint density at radius 3 is 2.17 bits per heavy atom. The molecule has 0 spiro atoms. The van der Waals surface area contributed by atoms with E-state index in [1.807, 2.05) is 0 Å². The number of nitrogens with one attached hydrogen (secondary N) is 1. The molecule has 6 heteroatoms. The Labute approximate surface area is 106 Å². The monoisotopic (exact) mass is 269 g/mol. The van der Waals surface area contributed by atoms with E-state index in [0.29, 0.717) is 5.69 Å². The SMILES string of the molecule is COC(=O)C(C(=O)Nc1ccccc1)=S(C)(C)=O. The van der Waals surface area contributed by atoms with Crippen molar-refractivity contribution >= 4 is 32.0 Å². The van der Waals surface area contributed by atoms with Crippen LogP contribution in [-0.4, -0.2) is 40.6 Å². The van der Waals surface area contributed by atoms with Crippen LogP contribution in [-0.2, 0) is 23.8 Å². The lowest BCUT2D eigenvalue weighted by Gasteiger charge is -2.09. The fourth-order valence-corrected chi connectivity index (χ4v) is 2.30. The number of amides is 1. The maximum Gasteiger partial charge on any atom is 0.351 e.